The molecule has 98 valence electrons. The highest BCUT2D eigenvalue weighted by Gasteiger charge is 2.22. The highest BCUT2D eigenvalue weighted by molar-refractivity contribution is 7.99. The molecular weight excluding hydrogens is 228 g/mol. The fourth-order valence-corrected chi connectivity index (χ4v) is 3.92. The van der Waals surface area contributed by atoms with Crippen LogP contribution < -0.4 is 5.73 Å². The zero-order valence-corrected chi connectivity index (χ0v) is 12.1. The standard InChI is InChI=1S/C14H26N2S/c1-3-14(16,11-15)8-5-9-17-13-7-4-6-12(2)10-13/h12-13H,3-10,16H2,1-2H3. The molecule has 17 heavy (non-hydrogen) atoms. The third-order valence-electron chi connectivity index (χ3n) is 3.86. The van der Waals surface area contributed by atoms with E-state index in [9.17, 15) is 0 Å². The summed E-state index contributed by atoms with van der Waals surface area (Å²) in [5, 5.41) is 9.84. The maximum absolute atomic E-state index is 8.99. The number of hydrogen-bond donors (Lipinski definition) is 1. The summed E-state index contributed by atoms with van der Waals surface area (Å²) in [5.74, 6) is 2.07. The molecule has 0 aliphatic heterocycles. The Morgan fingerprint density at radius 2 is 2.24 bits per heavy atom. The number of nitrogens with two attached hydrogens (primary N) is 1. The number of hydrogen-bond acceptors (Lipinski definition) is 3. The molecule has 0 bridgehead atoms. The first-order chi connectivity index (χ1) is 8.09. The fourth-order valence-electron chi connectivity index (χ4n) is 2.48. The van der Waals surface area contributed by atoms with Crippen molar-refractivity contribution in [3.8, 4) is 6.07 Å². The number of thioether (sulfide) groups is 1. The lowest BCUT2D eigenvalue weighted by Crippen LogP contribution is -2.37. The number of rotatable bonds is 6. The Bertz CT molecular complexity index is 261. The van der Waals surface area contributed by atoms with Crippen molar-refractivity contribution < 1.29 is 0 Å². The minimum atomic E-state index is -0.583. The topological polar surface area (TPSA) is 49.8 Å². The second kappa shape index (κ2) is 7.28. The van der Waals surface area contributed by atoms with Crippen LogP contribution >= 0.6 is 11.8 Å². The first-order valence-corrected chi connectivity index (χ1v) is 7.96. The molecule has 0 aromatic heterocycles. The summed E-state index contributed by atoms with van der Waals surface area (Å²) in [4.78, 5) is 0. The molecule has 0 saturated heterocycles. The van der Waals surface area contributed by atoms with Crippen LogP contribution in [0.4, 0.5) is 0 Å². The van der Waals surface area contributed by atoms with Crippen molar-refractivity contribution in [2.24, 2.45) is 11.7 Å². The lowest BCUT2D eigenvalue weighted by molar-refractivity contribution is 0.394. The van der Waals surface area contributed by atoms with Crippen LogP contribution in [0.3, 0.4) is 0 Å². The Balaban J connectivity index is 2.14. The number of nitriles is 1. The summed E-state index contributed by atoms with van der Waals surface area (Å²) in [7, 11) is 0. The van der Waals surface area contributed by atoms with Crippen molar-refractivity contribution in [3.63, 3.8) is 0 Å². The van der Waals surface area contributed by atoms with Crippen LogP contribution in [0.1, 0.15) is 58.8 Å². The number of nitrogens with zero attached hydrogens (tertiary/aromatic N) is 1. The average molecular weight is 254 g/mol. The Morgan fingerprint density at radius 3 is 2.82 bits per heavy atom. The molecule has 0 amide bonds. The quantitative estimate of drug-likeness (QED) is 0.735. The van der Waals surface area contributed by atoms with Crippen LogP contribution in [0, 0.1) is 17.2 Å². The van der Waals surface area contributed by atoms with Gasteiger partial charge in [-0.2, -0.15) is 17.0 Å². The minimum Gasteiger partial charge on any atom is -0.313 e. The summed E-state index contributed by atoms with van der Waals surface area (Å²) >= 11 is 2.10. The van der Waals surface area contributed by atoms with E-state index in [1.54, 1.807) is 0 Å². The van der Waals surface area contributed by atoms with Gasteiger partial charge >= 0.3 is 0 Å². The molecule has 1 saturated carbocycles. The van der Waals surface area contributed by atoms with Crippen LogP contribution in [0.25, 0.3) is 0 Å². The maximum atomic E-state index is 8.99. The molecule has 2 N–H and O–H groups in total. The van der Waals surface area contributed by atoms with E-state index in [0.717, 1.165) is 36.2 Å². The SMILES string of the molecule is CCC(N)(C#N)CCCSC1CCCC(C)C1. The monoisotopic (exact) mass is 254 g/mol. The molecule has 0 aromatic carbocycles. The normalized spacial score (nSPS) is 28.4. The molecule has 3 unspecified atom stereocenters. The second-order valence-electron chi connectivity index (χ2n) is 5.49. The van der Waals surface area contributed by atoms with E-state index in [-0.39, 0.29) is 0 Å². The second-order valence-corrected chi connectivity index (χ2v) is 6.90. The van der Waals surface area contributed by atoms with Gasteiger partial charge in [0, 0.05) is 5.25 Å². The Hall–Kier alpha value is -0.200. The predicted molar refractivity (Wildman–Crippen MR) is 75.9 cm³/mol. The molecule has 3 heteroatoms. The van der Waals surface area contributed by atoms with Crippen molar-refractivity contribution in [2.75, 3.05) is 5.75 Å². The van der Waals surface area contributed by atoms with E-state index in [4.69, 9.17) is 11.0 Å². The summed E-state index contributed by atoms with van der Waals surface area (Å²) < 4.78 is 0. The molecule has 3 atom stereocenters. The van der Waals surface area contributed by atoms with E-state index in [2.05, 4.69) is 24.8 Å². The molecule has 1 aliphatic rings. The van der Waals surface area contributed by atoms with Gasteiger partial charge in [0.05, 0.1) is 6.07 Å². The predicted octanol–water partition coefficient (Wildman–Crippen LogP) is 3.71. The first-order valence-electron chi connectivity index (χ1n) is 6.91. The van der Waals surface area contributed by atoms with Gasteiger partial charge in [-0.15, -0.1) is 0 Å². The van der Waals surface area contributed by atoms with Crippen molar-refractivity contribution >= 4 is 11.8 Å². The first kappa shape index (κ1) is 14.9. The third kappa shape index (κ3) is 5.31. The van der Waals surface area contributed by atoms with Gasteiger partial charge in [-0.1, -0.05) is 26.7 Å². The van der Waals surface area contributed by atoms with Crippen LogP contribution in [-0.4, -0.2) is 16.5 Å². The average Bonchev–Trinajstić information content (AvgIpc) is 2.34. The van der Waals surface area contributed by atoms with Gasteiger partial charge < -0.3 is 5.73 Å². The van der Waals surface area contributed by atoms with E-state index in [0.29, 0.717) is 0 Å². The lowest BCUT2D eigenvalue weighted by atomic mass is 9.91. The molecule has 0 radical (unpaired) electrons. The Morgan fingerprint density at radius 1 is 1.47 bits per heavy atom. The van der Waals surface area contributed by atoms with Crippen molar-refractivity contribution in [3.05, 3.63) is 0 Å². The van der Waals surface area contributed by atoms with Gasteiger partial charge in [0.2, 0.25) is 0 Å². The highest BCUT2D eigenvalue weighted by Crippen LogP contribution is 2.32. The van der Waals surface area contributed by atoms with Gasteiger partial charge in [-0.3, -0.25) is 0 Å². The molecule has 0 heterocycles. The van der Waals surface area contributed by atoms with Crippen molar-refractivity contribution in [1.82, 2.24) is 0 Å². The smallest absolute Gasteiger partial charge is 0.104 e. The molecule has 1 rings (SSSR count). The van der Waals surface area contributed by atoms with Gasteiger partial charge in [0.1, 0.15) is 5.54 Å². The van der Waals surface area contributed by atoms with Gasteiger partial charge in [0.25, 0.3) is 0 Å². The van der Waals surface area contributed by atoms with E-state index < -0.39 is 5.54 Å². The fraction of sp³-hybridized carbons (Fsp3) is 0.929. The molecule has 2 nitrogen and oxygen atoms in total. The highest BCUT2D eigenvalue weighted by atomic mass is 32.2. The Kier molecular flexibility index (Phi) is 6.37. The van der Waals surface area contributed by atoms with Gasteiger partial charge in [-0.25, -0.2) is 0 Å². The van der Waals surface area contributed by atoms with Crippen LogP contribution in [-0.2, 0) is 0 Å². The molecule has 1 aliphatic carbocycles. The maximum Gasteiger partial charge on any atom is 0.104 e. The summed E-state index contributed by atoms with van der Waals surface area (Å²) in [5.41, 5.74) is 5.38. The minimum absolute atomic E-state index is 0.583. The zero-order valence-electron chi connectivity index (χ0n) is 11.2. The van der Waals surface area contributed by atoms with Crippen molar-refractivity contribution in [1.29, 1.82) is 5.26 Å². The lowest BCUT2D eigenvalue weighted by Gasteiger charge is -2.26. The van der Waals surface area contributed by atoms with E-state index in [1.165, 1.54) is 25.7 Å². The zero-order chi connectivity index (χ0) is 12.7. The van der Waals surface area contributed by atoms with E-state index >= 15 is 0 Å². The Labute approximate surface area is 110 Å². The van der Waals surface area contributed by atoms with Crippen LogP contribution in [0.5, 0.6) is 0 Å². The summed E-state index contributed by atoms with van der Waals surface area (Å²) in [6.45, 7) is 4.36. The van der Waals surface area contributed by atoms with Crippen LogP contribution in [0.2, 0.25) is 0 Å². The van der Waals surface area contributed by atoms with E-state index in [1.807, 2.05) is 6.92 Å². The van der Waals surface area contributed by atoms with Crippen molar-refractivity contribution in [2.45, 2.75) is 69.6 Å². The third-order valence-corrected chi connectivity index (χ3v) is 5.29. The van der Waals surface area contributed by atoms with Gasteiger partial charge in [0.15, 0.2) is 0 Å². The summed E-state index contributed by atoms with van der Waals surface area (Å²) in [6.07, 6.45) is 8.25. The summed E-state index contributed by atoms with van der Waals surface area (Å²) in [6, 6.07) is 2.24. The molecular formula is C14H26N2S. The molecule has 1 fully saturated rings. The molecule has 0 aromatic rings. The molecule has 0 spiro atoms. The van der Waals surface area contributed by atoms with Crippen LogP contribution in [0.15, 0.2) is 0 Å². The largest absolute Gasteiger partial charge is 0.313 e. The van der Waals surface area contributed by atoms with Gasteiger partial charge in [-0.05, 0) is 43.8 Å².